The van der Waals surface area contributed by atoms with E-state index in [0.717, 1.165) is 22.7 Å². The lowest BCUT2D eigenvalue weighted by atomic mass is 10.0. The molecule has 2 aromatic heterocycles. The van der Waals surface area contributed by atoms with Gasteiger partial charge in [-0.3, -0.25) is 4.57 Å². The lowest BCUT2D eigenvalue weighted by Gasteiger charge is -2.14. The average Bonchev–Trinajstić information content (AvgIpc) is 3.24. The fourth-order valence-electron chi connectivity index (χ4n) is 2.85. The van der Waals surface area contributed by atoms with Crippen molar-refractivity contribution in [3.05, 3.63) is 47.8 Å². The predicted molar refractivity (Wildman–Crippen MR) is 82.8 cm³/mol. The van der Waals surface area contributed by atoms with Crippen molar-refractivity contribution >= 4 is 0 Å². The van der Waals surface area contributed by atoms with Gasteiger partial charge in [0.25, 0.3) is 5.95 Å². The predicted octanol–water partition coefficient (Wildman–Crippen LogP) is 4.35. The smallest absolute Gasteiger partial charge is 0.272 e. The maximum absolute atomic E-state index is 14.3. The van der Waals surface area contributed by atoms with Crippen LogP contribution in [0.5, 0.6) is 0 Å². The third kappa shape index (κ3) is 3.22. The normalized spacial score (nSPS) is 21.3. The molecule has 2 atom stereocenters. The molecule has 1 aliphatic rings. The number of fused-ring (bicyclic) bond motifs is 1. The van der Waals surface area contributed by atoms with Crippen LogP contribution in [0.15, 0.2) is 36.3 Å². The van der Waals surface area contributed by atoms with Crippen molar-refractivity contribution in [3.63, 3.8) is 0 Å². The lowest BCUT2D eigenvalue weighted by Crippen LogP contribution is -2.09. The van der Waals surface area contributed by atoms with Crippen LogP contribution in [-0.2, 0) is 6.18 Å². The Balaban J connectivity index is 1.96. The quantitative estimate of drug-likeness (QED) is 0.605. The van der Waals surface area contributed by atoms with Gasteiger partial charge in [0.1, 0.15) is 6.33 Å². The van der Waals surface area contributed by atoms with Crippen molar-refractivity contribution in [3.8, 4) is 5.95 Å². The third-order valence-corrected chi connectivity index (χ3v) is 4.10. The SMILES string of the molecule is C/C=C\C=C(/CC)C1CC(F)c2nc(-n3cnc(C(F)(F)F)c3)nn21. The van der Waals surface area contributed by atoms with E-state index in [-0.39, 0.29) is 24.2 Å². The monoisotopic (exact) mass is 355 g/mol. The molecule has 0 bridgehead atoms. The summed E-state index contributed by atoms with van der Waals surface area (Å²) < 4.78 is 54.9. The third-order valence-electron chi connectivity index (χ3n) is 4.10. The van der Waals surface area contributed by atoms with Crippen LogP contribution in [0.2, 0.25) is 0 Å². The van der Waals surface area contributed by atoms with Crippen LogP contribution in [0.3, 0.4) is 0 Å². The van der Waals surface area contributed by atoms with Gasteiger partial charge in [-0.2, -0.15) is 18.2 Å². The molecular formula is C16H17F4N5. The maximum Gasteiger partial charge on any atom is 0.434 e. The van der Waals surface area contributed by atoms with Crippen LogP contribution in [0.4, 0.5) is 17.6 Å². The highest BCUT2D eigenvalue weighted by atomic mass is 19.4. The van der Waals surface area contributed by atoms with Gasteiger partial charge in [-0.15, -0.1) is 5.10 Å². The van der Waals surface area contributed by atoms with Gasteiger partial charge in [-0.25, -0.2) is 14.1 Å². The molecule has 0 fully saturated rings. The fourth-order valence-corrected chi connectivity index (χ4v) is 2.85. The summed E-state index contributed by atoms with van der Waals surface area (Å²) in [5.41, 5.74) is -0.0596. The second-order valence-electron chi connectivity index (χ2n) is 5.72. The highest BCUT2D eigenvalue weighted by molar-refractivity contribution is 5.24. The number of nitrogens with zero attached hydrogens (tertiary/aromatic N) is 5. The summed E-state index contributed by atoms with van der Waals surface area (Å²) in [5.74, 6) is 0.105. The zero-order chi connectivity index (χ0) is 18.2. The van der Waals surface area contributed by atoms with E-state index in [4.69, 9.17) is 0 Å². The van der Waals surface area contributed by atoms with Crippen molar-refractivity contribution in [1.82, 2.24) is 24.3 Å². The molecule has 0 saturated carbocycles. The van der Waals surface area contributed by atoms with E-state index in [0.29, 0.717) is 6.42 Å². The Morgan fingerprint density at radius 1 is 1.40 bits per heavy atom. The molecule has 0 aromatic carbocycles. The summed E-state index contributed by atoms with van der Waals surface area (Å²) in [5, 5.41) is 4.22. The Morgan fingerprint density at radius 2 is 2.16 bits per heavy atom. The van der Waals surface area contributed by atoms with Crippen LogP contribution < -0.4 is 0 Å². The standard InChI is InChI=1S/C16H17F4N5/c1-3-5-6-10(4-2)12-7-11(17)14-22-15(23-25(12)14)24-8-13(21-9-24)16(18,19)20/h3,5-6,8-9,11-12H,4,7H2,1-2H3/b5-3-,10-6+. The Hall–Kier alpha value is -2.45. The molecule has 2 unspecified atom stereocenters. The van der Waals surface area contributed by atoms with Crippen LogP contribution in [0, 0.1) is 0 Å². The Labute approximate surface area is 141 Å². The minimum absolute atomic E-state index is 0.0214. The Morgan fingerprint density at radius 3 is 2.76 bits per heavy atom. The van der Waals surface area contributed by atoms with Gasteiger partial charge in [0, 0.05) is 12.6 Å². The van der Waals surface area contributed by atoms with E-state index in [1.54, 1.807) is 0 Å². The summed E-state index contributed by atoms with van der Waals surface area (Å²) in [6, 6.07) is -0.293. The van der Waals surface area contributed by atoms with Crippen LogP contribution in [0.25, 0.3) is 5.95 Å². The van der Waals surface area contributed by atoms with E-state index in [2.05, 4.69) is 15.1 Å². The maximum atomic E-state index is 14.3. The summed E-state index contributed by atoms with van der Waals surface area (Å²) in [6.07, 6.45) is 2.50. The van der Waals surface area contributed by atoms with E-state index in [1.807, 2.05) is 32.1 Å². The van der Waals surface area contributed by atoms with Gasteiger partial charge in [-0.05, 0) is 18.9 Å². The first-order valence-electron chi connectivity index (χ1n) is 7.89. The van der Waals surface area contributed by atoms with Crippen molar-refractivity contribution in [1.29, 1.82) is 0 Å². The van der Waals surface area contributed by atoms with Crippen molar-refractivity contribution in [2.75, 3.05) is 0 Å². The molecule has 9 heteroatoms. The zero-order valence-corrected chi connectivity index (χ0v) is 13.7. The van der Waals surface area contributed by atoms with E-state index < -0.39 is 18.0 Å². The second kappa shape index (κ2) is 6.45. The molecule has 3 rings (SSSR count). The van der Waals surface area contributed by atoms with Crippen LogP contribution in [0.1, 0.15) is 50.4 Å². The molecule has 134 valence electrons. The van der Waals surface area contributed by atoms with Gasteiger partial charge in [-0.1, -0.05) is 25.2 Å². The molecule has 0 spiro atoms. The van der Waals surface area contributed by atoms with Gasteiger partial charge >= 0.3 is 6.18 Å². The summed E-state index contributed by atoms with van der Waals surface area (Å²) in [6.45, 7) is 3.84. The molecular weight excluding hydrogens is 338 g/mol. The number of imidazole rings is 1. The molecule has 25 heavy (non-hydrogen) atoms. The Bertz CT molecular complexity index is 815. The van der Waals surface area contributed by atoms with Crippen LogP contribution in [-0.4, -0.2) is 24.3 Å². The first kappa shape index (κ1) is 17.4. The molecule has 0 amide bonds. The highest BCUT2D eigenvalue weighted by Gasteiger charge is 2.37. The number of allylic oxidation sites excluding steroid dienone is 4. The van der Waals surface area contributed by atoms with Crippen molar-refractivity contribution in [2.45, 2.75) is 45.1 Å². The first-order chi connectivity index (χ1) is 11.8. The molecule has 0 aliphatic carbocycles. The molecule has 3 heterocycles. The average molecular weight is 355 g/mol. The first-order valence-corrected chi connectivity index (χ1v) is 7.89. The summed E-state index contributed by atoms with van der Waals surface area (Å²) >= 11 is 0. The number of hydrogen-bond donors (Lipinski definition) is 0. The topological polar surface area (TPSA) is 48.5 Å². The number of rotatable bonds is 4. The van der Waals surface area contributed by atoms with E-state index in [1.165, 1.54) is 4.68 Å². The van der Waals surface area contributed by atoms with Gasteiger partial charge in [0.05, 0.1) is 6.04 Å². The van der Waals surface area contributed by atoms with E-state index >= 15 is 0 Å². The summed E-state index contributed by atoms with van der Waals surface area (Å²) in [4.78, 5) is 7.38. The molecule has 0 N–H and O–H groups in total. The second-order valence-corrected chi connectivity index (χ2v) is 5.72. The van der Waals surface area contributed by atoms with Crippen molar-refractivity contribution < 1.29 is 17.6 Å². The minimum Gasteiger partial charge on any atom is -0.272 e. The fraction of sp³-hybridized carbons (Fsp3) is 0.438. The van der Waals surface area contributed by atoms with Gasteiger partial charge in [0.15, 0.2) is 17.7 Å². The molecule has 2 aromatic rings. The largest absolute Gasteiger partial charge is 0.434 e. The van der Waals surface area contributed by atoms with E-state index in [9.17, 15) is 17.6 Å². The lowest BCUT2D eigenvalue weighted by molar-refractivity contribution is -0.140. The number of halogens is 4. The minimum atomic E-state index is -4.55. The van der Waals surface area contributed by atoms with Gasteiger partial charge in [0.2, 0.25) is 0 Å². The molecule has 1 aliphatic heterocycles. The molecule has 0 saturated heterocycles. The Kier molecular flexibility index (Phi) is 4.49. The number of aromatic nitrogens is 5. The molecule has 5 nitrogen and oxygen atoms in total. The van der Waals surface area contributed by atoms with Crippen molar-refractivity contribution in [2.24, 2.45) is 0 Å². The number of alkyl halides is 4. The van der Waals surface area contributed by atoms with Crippen LogP contribution >= 0.6 is 0 Å². The highest BCUT2D eigenvalue weighted by Crippen LogP contribution is 2.40. The summed E-state index contributed by atoms with van der Waals surface area (Å²) in [7, 11) is 0. The van der Waals surface area contributed by atoms with Gasteiger partial charge < -0.3 is 0 Å². The number of hydrogen-bond acceptors (Lipinski definition) is 3. The zero-order valence-electron chi connectivity index (χ0n) is 13.7. The molecule has 0 radical (unpaired) electrons.